The van der Waals surface area contributed by atoms with Gasteiger partial charge in [-0.1, -0.05) is 91.0 Å². The first-order valence-electron chi connectivity index (χ1n) is 14.3. The van der Waals surface area contributed by atoms with Gasteiger partial charge >= 0.3 is 0 Å². The fraction of sp³-hybridized carbons (Fsp3) is 0.278. The smallest absolute Gasteiger partial charge is 0.117 e. The van der Waals surface area contributed by atoms with Gasteiger partial charge in [0, 0.05) is 0 Å². The van der Waals surface area contributed by atoms with E-state index in [1.165, 1.54) is 0 Å². The molecule has 0 radical (unpaired) electrons. The van der Waals surface area contributed by atoms with Crippen LogP contribution in [-0.2, 0) is 34.0 Å². The van der Waals surface area contributed by atoms with Crippen LogP contribution in [0, 0.1) is 13.8 Å². The molecule has 0 spiro atoms. The van der Waals surface area contributed by atoms with Crippen LogP contribution in [-0.4, -0.2) is 30.0 Å². The Hall–Kier alpha value is -3.94. The fourth-order valence-electron chi connectivity index (χ4n) is 5.01. The summed E-state index contributed by atoms with van der Waals surface area (Å²) < 4.78 is 31.6. The zero-order valence-electron chi connectivity index (χ0n) is 24.1. The lowest BCUT2D eigenvalue weighted by molar-refractivity contribution is -0.153. The van der Waals surface area contributed by atoms with Crippen LogP contribution in [0.5, 0.6) is 0 Å². The largest absolute Gasteiger partial charge is 0.466 e. The summed E-state index contributed by atoms with van der Waals surface area (Å²) in [4.78, 5) is 0. The molecule has 3 aromatic carbocycles. The number of ether oxygens (including phenoxy) is 3. The molecule has 218 valence electrons. The standard InChI is InChI=1S/C36H38O6/c1-26-18-20-32(41-26)34(33-21-19-27(2)42-33)36(40-24-30-16-10-5-11-17-30)35(39-23-29-14-8-4-9-15-29)31(37)25-38-22-28-12-6-3-7-13-28/h3-21,31,34-37H,22-25H2,1-2H3/t31-,35-,36-/m1/s1. The predicted molar refractivity (Wildman–Crippen MR) is 161 cm³/mol. The number of hydrogen-bond donors (Lipinski definition) is 1. The van der Waals surface area contributed by atoms with Gasteiger partial charge in [-0.25, -0.2) is 0 Å². The maximum absolute atomic E-state index is 11.7. The first kappa shape index (κ1) is 29.5. The minimum Gasteiger partial charge on any atom is -0.466 e. The normalized spacial score (nSPS) is 13.7. The molecule has 2 heterocycles. The van der Waals surface area contributed by atoms with Gasteiger partial charge in [0.25, 0.3) is 0 Å². The number of aryl methyl sites for hydroxylation is 2. The summed E-state index contributed by atoms with van der Waals surface area (Å²) in [6, 6.07) is 37.5. The van der Waals surface area contributed by atoms with E-state index in [2.05, 4.69) is 0 Å². The minimum atomic E-state index is -1.01. The number of furan rings is 2. The lowest BCUT2D eigenvalue weighted by Crippen LogP contribution is -2.46. The third-order valence-corrected chi connectivity index (χ3v) is 7.14. The first-order valence-corrected chi connectivity index (χ1v) is 14.3. The maximum atomic E-state index is 11.7. The lowest BCUT2D eigenvalue weighted by Gasteiger charge is -2.35. The number of rotatable bonds is 15. The van der Waals surface area contributed by atoms with Crippen molar-refractivity contribution < 1.29 is 28.2 Å². The molecule has 0 aliphatic heterocycles. The van der Waals surface area contributed by atoms with Crippen molar-refractivity contribution >= 4 is 0 Å². The van der Waals surface area contributed by atoms with Crippen molar-refractivity contribution in [1.29, 1.82) is 0 Å². The van der Waals surface area contributed by atoms with Crippen LogP contribution in [0.1, 0.15) is 45.6 Å². The van der Waals surface area contributed by atoms with Gasteiger partial charge in [-0.2, -0.15) is 0 Å². The Morgan fingerprint density at radius 2 is 0.976 bits per heavy atom. The van der Waals surface area contributed by atoms with E-state index in [9.17, 15) is 5.11 Å². The van der Waals surface area contributed by atoms with E-state index in [1.54, 1.807) is 0 Å². The molecular formula is C36H38O6. The van der Waals surface area contributed by atoms with Gasteiger partial charge in [0.15, 0.2) is 0 Å². The number of aliphatic hydroxyl groups excluding tert-OH is 1. The molecule has 0 saturated carbocycles. The van der Waals surface area contributed by atoms with Crippen molar-refractivity contribution in [2.75, 3.05) is 6.61 Å². The SMILES string of the molecule is Cc1ccc(C(c2ccc(C)o2)[C@@H](OCc2ccccc2)[C@H](OCc2ccccc2)[C@H](O)COCc2ccccc2)o1. The van der Waals surface area contributed by atoms with Gasteiger partial charge in [0.2, 0.25) is 0 Å². The van der Waals surface area contributed by atoms with Gasteiger partial charge in [0.1, 0.15) is 47.3 Å². The molecule has 3 atom stereocenters. The highest BCUT2D eigenvalue weighted by Crippen LogP contribution is 2.36. The summed E-state index contributed by atoms with van der Waals surface area (Å²) in [5.74, 6) is 2.40. The lowest BCUT2D eigenvalue weighted by atomic mass is 9.90. The maximum Gasteiger partial charge on any atom is 0.117 e. The van der Waals surface area contributed by atoms with E-state index < -0.39 is 24.2 Å². The Bertz CT molecular complexity index is 1420. The topological polar surface area (TPSA) is 74.2 Å². The molecule has 42 heavy (non-hydrogen) atoms. The molecule has 0 unspecified atom stereocenters. The van der Waals surface area contributed by atoms with E-state index in [4.69, 9.17) is 23.0 Å². The van der Waals surface area contributed by atoms with E-state index in [0.29, 0.717) is 24.7 Å². The summed E-state index contributed by atoms with van der Waals surface area (Å²) >= 11 is 0. The molecule has 0 amide bonds. The van der Waals surface area contributed by atoms with Crippen LogP contribution < -0.4 is 0 Å². The number of aliphatic hydroxyl groups is 1. The summed E-state index contributed by atoms with van der Waals surface area (Å²) in [6.45, 7) is 4.84. The Morgan fingerprint density at radius 3 is 1.40 bits per heavy atom. The Labute approximate surface area is 247 Å². The molecule has 6 nitrogen and oxygen atoms in total. The second kappa shape index (κ2) is 14.8. The molecule has 2 aromatic heterocycles. The number of benzene rings is 3. The molecule has 1 N–H and O–H groups in total. The zero-order valence-corrected chi connectivity index (χ0v) is 24.1. The van der Waals surface area contributed by atoms with Gasteiger partial charge in [-0.3, -0.25) is 0 Å². The molecule has 0 fully saturated rings. The molecule has 5 rings (SSSR count). The first-order chi connectivity index (χ1) is 20.6. The van der Waals surface area contributed by atoms with Crippen LogP contribution >= 0.6 is 0 Å². The van der Waals surface area contributed by atoms with Gasteiger partial charge in [-0.05, 0) is 54.8 Å². The van der Waals surface area contributed by atoms with E-state index in [1.807, 2.05) is 129 Å². The van der Waals surface area contributed by atoms with Crippen molar-refractivity contribution in [2.45, 2.75) is 57.9 Å². The van der Waals surface area contributed by atoms with E-state index in [0.717, 1.165) is 28.2 Å². The fourth-order valence-corrected chi connectivity index (χ4v) is 5.01. The van der Waals surface area contributed by atoms with Crippen molar-refractivity contribution in [3.05, 3.63) is 155 Å². The van der Waals surface area contributed by atoms with Gasteiger partial charge < -0.3 is 28.2 Å². The van der Waals surface area contributed by atoms with Crippen molar-refractivity contribution in [3.8, 4) is 0 Å². The van der Waals surface area contributed by atoms with Crippen molar-refractivity contribution in [2.24, 2.45) is 0 Å². The predicted octanol–water partition coefficient (Wildman–Crippen LogP) is 7.37. The molecule has 0 bridgehead atoms. The summed E-state index contributed by atoms with van der Waals surface area (Å²) in [7, 11) is 0. The average Bonchev–Trinajstić information content (AvgIpc) is 3.65. The quantitative estimate of drug-likeness (QED) is 0.143. The van der Waals surface area contributed by atoms with E-state index in [-0.39, 0.29) is 13.2 Å². The molecule has 0 aliphatic rings. The summed E-state index contributed by atoms with van der Waals surface area (Å²) in [6.07, 6.45) is -2.47. The van der Waals surface area contributed by atoms with Crippen LogP contribution in [0.3, 0.4) is 0 Å². The van der Waals surface area contributed by atoms with E-state index >= 15 is 0 Å². The van der Waals surface area contributed by atoms with Gasteiger partial charge in [0.05, 0.1) is 26.4 Å². The van der Waals surface area contributed by atoms with Crippen LogP contribution in [0.15, 0.2) is 124 Å². The molecule has 5 aromatic rings. The molecule has 6 heteroatoms. The van der Waals surface area contributed by atoms with Crippen molar-refractivity contribution in [3.63, 3.8) is 0 Å². The Balaban J connectivity index is 1.48. The highest BCUT2D eigenvalue weighted by molar-refractivity contribution is 5.26. The number of hydrogen-bond acceptors (Lipinski definition) is 6. The van der Waals surface area contributed by atoms with Crippen LogP contribution in [0.2, 0.25) is 0 Å². The monoisotopic (exact) mass is 566 g/mol. The molecule has 0 aliphatic carbocycles. The Kier molecular flexibility index (Phi) is 10.4. The summed E-state index contributed by atoms with van der Waals surface area (Å²) in [5.41, 5.74) is 3.02. The van der Waals surface area contributed by atoms with Crippen molar-refractivity contribution in [1.82, 2.24) is 0 Å². The van der Waals surface area contributed by atoms with Crippen LogP contribution in [0.4, 0.5) is 0 Å². The second-order valence-corrected chi connectivity index (χ2v) is 10.5. The highest BCUT2D eigenvalue weighted by atomic mass is 16.6. The second-order valence-electron chi connectivity index (χ2n) is 10.5. The molecule has 0 saturated heterocycles. The third kappa shape index (κ3) is 8.08. The summed E-state index contributed by atoms with van der Waals surface area (Å²) in [5, 5.41) is 11.7. The highest BCUT2D eigenvalue weighted by Gasteiger charge is 2.41. The third-order valence-electron chi connectivity index (χ3n) is 7.14. The van der Waals surface area contributed by atoms with Crippen LogP contribution in [0.25, 0.3) is 0 Å². The Morgan fingerprint density at radius 1 is 0.548 bits per heavy atom. The molecular weight excluding hydrogens is 528 g/mol. The average molecular weight is 567 g/mol. The zero-order chi connectivity index (χ0) is 29.1. The minimum absolute atomic E-state index is 0.0562. The van der Waals surface area contributed by atoms with Gasteiger partial charge in [-0.15, -0.1) is 0 Å².